The number of anilines is 1. The molecule has 1 N–H and O–H groups in total. The summed E-state index contributed by atoms with van der Waals surface area (Å²) in [4.78, 5) is 1.32. The first kappa shape index (κ1) is 11.0. The predicted octanol–water partition coefficient (Wildman–Crippen LogP) is 4.78. The summed E-state index contributed by atoms with van der Waals surface area (Å²) in [7, 11) is 0. The van der Waals surface area contributed by atoms with E-state index in [0.717, 1.165) is 21.7 Å². The molecule has 0 bridgehead atoms. The molecule has 0 aliphatic carbocycles. The second kappa shape index (κ2) is 5.01. The highest BCUT2D eigenvalue weighted by molar-refractivity contribution is 9.10. The minimum Gasteiger partial charge on any atom is -0.380 e. The highest BCUT2D eigenvalue weighted by Gasteiger charge is 1.99. The Morgan fingerprint density at radius 1 is 1.33 bits per heavy atom. The lowest BCUT2D eigenvalue weighted by atomic mass is 10.3. The molecule has 0 aliphatic rings. The van der Waals surface area contributed by atoms with Crippen LogP contribution in [0.2, 0.25) is 5.02 Å². The van der Waals surface area contributed by atoms with Gasteiger partial charge in [0.1, 0.15) is 0 Å². The zero-order valence-electron chi connectivity index (χ0n) is 7.84. The van der Waals surface area contributed by atoms with Crippen molar-refractivity contribution >= 4 is 44.6 Å². The first-order chi connectivity index (χ1) is 7.25. The van der Waals surface area contributed by atoms with Crippen molar-refractivity contribution in [1.29, 1.82) is 0 Å². The third-order valence-electron chi connectivity index (χ3n) is 1.97. The molecule has 0 saturated heterocycles. The molecule has 0 amide bonds. The van der Waals surface area contributed by atoms with Gasteiger partial charge < -0.3 is 5.32 Å². The van der Waals surface area contributed by atoms with Gasteiger partial charge in [-0.15, -0.1) is 11.3 Å². The van der Waals surface area contributed by atoms with Gasteiger partial charge in [-0.1, -0.05) is 17.7 Å². The van der Waals surface area contributed by atoms with Crippen molar-refractivity contribution < 1.29 is 0 Å². The Labute approximate surface area is 106 Å². The van der Waals surface area contributed by atoms with E-state index in [-0.39, 0.29) is 0 Å². The Balaban J connectivity index is 2.02. The molecule has 4 heteroatoms. The number of benzene rings is 1. The van der Waals surface area contributed by atoms with Gasteiger partial charge in [0.15, 0.2) is 0 Å². The number of hydrogen-bond donors (Lipinski definition) is 1. The molecule has 1 aromatic carbocycles. The summed E-state index contributed by atoms with van der Waals surface area (Å²) in [5.74, 6) is 0. The van der Waals surface area contributed by atoms with E-state index >= 15 is 0 Å². The molecular weight excluding hydrogens is 294 g/mol. The highest BCUT2D eigenvalue weighted by Crippen LogP contribution is 2.25. The van der Waals surface area contributed by atoms with Gasteiger partial charge in [0.25, 0.3) is 0 Å². The molecule has 2 rings (SSSR count). The van der Waals surface area contributed by atoms with Crippen molar-refractivity contribution in [3.63, 3.8) is 0 Å². The molecular formula is C11H9BrClNS. The standard InChI is InChI=1S/C11H9BrClNS/c12-10-6-8(3-4-11(10)13)14-7-9-2-1-5-15-9/h1-6,14H,7H2. The van der Waals surface area contributed by atoms with E-state index in [9.17, 15) is 0 Å². The Morgan fingerprint density at radius 3 is 2.87 bits per heavy atom. The minimum absolute atomic E-state index is 0.733. The summed E-state index contributed by atoms with van der Waals surface area (Å²) in [6.07, 6.45) is 0. The molecule has 1 aromatic heterocycles. The fraction of sp³-hybridized carbons (Fsp3) is 0.0909. The molecule has 1 nitrogen and oxygen atoms in total. The second-order valence-electron chi connectivity index (χ2n) is 3.06. The normalized spacial score (nSPS) is 10.3. The Morgan fingerprint density at radius 2 is 2.20 bits per heavy atom. The van der Waals surface area contributed by atoms with Gasteiger partial charge in [0.05, 0.1) is 5.02 Å². The molecule has 15 heavy (non-hydrogen) atoms. The SMILES string of the molecule is Clc1ccc(NCc2cccs2)cc1Br. The molecule has 2 aromatic rings. The summed E-state index contributed by atoms with van der Waals surface area (Å²) < 4.78 is 0.917. The van der Waals surface area contributed by atoms with Crippen molar-refractivity contribution in [2.75, 3.05) is 5.32 Å². The molecule has 0 spiro atoms. The second-order valence-corrected chi connectivity index (χ2v) is 5.36. The molecule has 78 valence electrons. The monoisotopic (exact) mass is 301 g/mol. The van der Waals surface area contributed by atoms with Crippen LogP contribution < -0.4 is 5.32 Å². The number of nitrogens with one attached hydrogen (secondary N) is 1. The zero-order valence-corrected chi connectivity index (χ0v) is 11.0. The van der Waals surface area contributed by atoms with Gasteiger partial charge in [0.2, 0.25) is 0 Å². The van der Waals surface area contributed by atoms with Gasteiger partial charge in [0, 0.05) is 21.6 Å². The van der Waals surface area contributed by atoms with Crippen LogP contribution in [0, 0.1) is 0 Å². The molecule has 0 fully saturated rings. The van der Waals surface area contributed by atoms with Crippen LogP contribution in [0.4, 0.5) is 5.69 Å². The molecule has 0 aliphatic heterocycles. The van der Waals surface area contributed by atoms with Crippen molar-refractivity contribution in [2.45, 2.75) is 6.54 Å². The van der Waals surface area contributed by atoms with Crippen LogP contribution in [0.25, 0.3) is 0 Å². The van der Waals surface area contributed by atoms with E-state index < -0.39 is 0 Å². The summed E-state index contributed by atoms with van der Waals surface area (Å²) in [6, 6.07) is 10.0. The van der Waals surface area contributed by atoms with Crippen molar-refractivity contribution in [3.05, 3.63) is 50.1 Å². The third-order valence-corrected chi connectivity index (χ3v) is 4.06. The fourth-order valence-electron chi connectivity index (χ4n) is 1.21. The summed E-state index contributed by atoms with van der Waals surface area (Å²) in [6.45, 7) is 0.853. The highest BCUT2D eigenvalue weighted by atomic mass is 79.9. The zero-order chi connectivity index (χ0) is 10.7. The van der Waals surface area contributed by atoms with Crippen LogP contribution in [0.1, 0.15) is 4.88 Å². The topological polar surface area (TPSA) is 12.0 Å². The maximum atomic E-state index is 5.91. The van der Waals surface area contributed by atoms with E-state index in [0.29, 0.717) is 0 Å². The van der Waals surface area contributed by atoms with Gasteiger partial charge >= 0.3 is 0 Å². The average molecular weight is 303 g/mol. The van der Waals surface area contributed by atoms with Crippen LogP contribution in [0.3, 0.4) is 0 Å². The third kappa shape index (κ3) is 2.97. The Kier molecular flexibility index (Phi) is 3.67. The molecule has 0 atom stereocenters. The van der Waals surface area contributed by atoms with E-state index in [2.05, 4.69) is 38.8 Å². The predicted molar refractivity (Wildman–Crippen MR) is 70.8 cm³/mol. The van der Waals surface area contributed by atoms with Crippen LogP contribution in [-0.2, 0) is 6.54 Å². The van der Waals surface area contributed by atoms with Gasteiger partial charge in [-0.3, -0.25) is 0 Å². The van der Waals surface area contributed by atoms with Gasteiger partial charge in [-0.25, -0.2) is 0 Å². The van der Waals surface area contributed by atoms with E-state index in [1.165, 1.54) is 4.88 Å². The lowest BCUT2D eigenvalue weighted by Gasteiger charge is -2.05. The molecule has 0 radical (unpaired) electrons. The summed E-state index contributed by atoms with van der Waals surface area (Å²) in [5, 5.41) is 6.15. The number of thiophene rings is 1. The first-order valence-electron chi connectivity index (χ1n) is 4.47. The smallest absolute Gasteiger partial charge is 0.0549 e. The maximum Gasteiger partial charge on any atom is 0.0549 e. The Hall–Kier alpha value is -0.510. The van der Waals surface area contributed by atoms with Crippen LogP contribution in [0.15, 0.2) is 40.2 Å². The molecule has 0 unspecified atom stereocenters. The number of hydrogen-bond acceptors (Lipinski definition) is 2. The quantitative estimate of drug-likeness (QED) is 0.860. The van der Waals surface area contributed by atoms with Gasteiger partial charge in [-0.2, -0.15) is 0 Å². The van der Waals surface area contributed by atoms with E-state index in [4.69, 9.17) is 11.6 Å². The minimum atomic E-state index is 0.733. The van der Waals surface area contributed by atoms with Crippen LogP contribution in [-0.4, -0.2) is 0 Å². The van der Waals surface area contributed by atoms with Crippen molar-refractivity contribution in [3.8, 4) is 0 Å². The number of rotatable bonds is 3. The van der Waals surface area contributed by atoms with Crippen LogP contribution >= 0.6 is 38.9 Å². The molecule has 1 heterocycles. The average Bonchev–Trinajstić information content (AvgIpc) is 2.73. The van der Waals surface area contributed by atoms with Gasteiger partial charge in [-0.05, 0) is 45.6 Å². The number of halogens is 2. The van der Waals surface area contributed by atoms with E-state index in [1.807, 2.05) is 18.2 Å². The Bertz CT molecular complexity index is 442. The van der Waals surface area contributed by atoms with Crippen LogP contribution in [0.5, 0.6) is 0 Å². The van der Waals surface area contributed by atoms with Crippen molar-refractivity contribution in [2.24, 2.45) is 0 Å². The lowest BCUT2D eigenvalue weighted by molar-refractivity contribution is 1.19. The maximum absolute atomic E-state index is 5.91. The first-order valence-corrected chi connectivity index (χ1v) is 6.52. The molecule has 0 saturated carbocycles. The largest absolute Gasteiger partial charge is 0.380 e. The van der Waals surface area contributed by atoms with Crippen molar-refractivity contribution in [1.82, 2.24) is 0 Å². The summed E-state index contributed by atoms with van der Waals surface area (Å²) in [5.41, 5.74) is 1.07. The lowest BCUT2D eigenvalue weighted by Crippen LogP contribution is -1.96. The fourth-order valence-corrected chi connectivity index (χ4v) is 2.35. The summed E-state index contributed by atoms with van der Waals surface area (Å²) >= 11 is 11.1. The van der Waals surface area contributed by atoms with E-state index in [1.54, 1.807) is 11.3 Å².